The maximum absolute atomic E-state index is 13.2. The van der Waals surface area contributed by atoms with E-state index in [1.54, 1.807) is 6.07 Å². The Hall–Kier alpha value is -3.48. The largest absolute Gasteiger partial charge is 0.463 e. The lowest BCUT2D eigenvalue weighted by atomic mass is 9.96. The standard InChI is InChI=1S/C18H9F6N3O/c19-17(20,21)11-4-9(5-12(7-11)18(22,23)24)13-6-10(8-25)16(26)27-15(13)14-2-1-3-28-14/h1-7H,(H2,26,27). The molecule has 0 spiro atoms. The van der Waals surface area contributed by atoms with Crippen molar-refractivity contribution in [3.8, 4) is 28.7 Å². The number of anilines is 1. The molecule has 0 amide bonds. The van der Waals surface area contributed by atoms with Gasteiger partial charge >= 0.3 is 12.4 Å². The van der Waals surface area contributed by atoms with Gasteiger partial charge in [0.05, 0.1) is 23.0 Å². The number of benzene rings is 1. The SMILES string of the molecule is N#Cc1cc(-c2cc(C(F)(F)F)cc(C(F)(F)F)c2)c(-c2ccco2)nc1N. The highest BCUT2D eigenvalue weighted by Crippen LogP contribution is 2.41. The highest BCUT2D eigenvalue weighted by molar-refractivity contribution is 5.82. The van der Waals surface area contributed by atoms with E-state index < -0.39 is 29.0 Å². The highest BCUT2D eigenvalue weighted by Gasteiger charge is 2.37. The van der Waals surface area contributed by atoms with E-state index in [0.717, 1.165) is 6.07 Å². The smallest absolute Gasteiger partial charge is 0.416 e. The minimum Gasteiger partial charge on any atom is -0.463 e. The van der Waals surface area contributed by atoms with E-state index in [0.29, 0.717) is 12.1 Å². The van der Waals surface area contributed by atoms with Crippen LogP contribution in [0, 0.1) is 11.3 Å². The lowest BCUT2D eigenvalue weighted by Gasteiger charge is -2.16. The molecule has 0 aliphatic carbocycles. The zero-order valence-corrected chi connectivity index (χ0v) is 13.7. The Morgan fingerprint density at radius 3 is 2.04 bits per heavy atom. The van der Waals surface area contributed by atoms with Crippen molar-refractivity contribution < 1.29 is 30.8 Å². The Morgan fingerprint density at radius 1 is 0.964 bits per heavy atom. The van der Waals surface area contributed by atoms with E-state index in [2.05, 4.69) is 4.98 Å². The number of hydrogen-bond acceptors (Lipinski definition) is 4. The molecule has 4 nitrogen and oxygen atoms in total. The number of hydrogen-bond donors (Lipinski definition) is 1. The van der Waals surface area contributed by atoms with Gasteiger partial charge in [-0.25, -0.2) is 4.98 Å². The van der Waals surface area contributed by atoms with Gasteiger partial charge in [-0.15, -0.1) is 0 Å². The summed E-state index contributed by atoms with van der Waals surface area (Å²) in [6.45, 7) is 0. The molecule has 28 heavy (non-hydrogen) atoms. The molecule has 0 saturated carbocycles. The van der Waals surface area contributed by atoms with Crippen molar-refractivity contribution in [1.82, 2.24) is 4.98 Å². The molecule has 0 radical (unpaired) electrons. The minimum absolute atomic E-state index is 0.0198. The van der Waals surface area contributed by atoms with Crippen molar-refractivity contribution in [1.29, 1.82) is 5.26 Å². The lowest BCUT2D eigenvalue weighted by Crippen LogP contribution is -2.11. The van der Waals surface area contributed by atoms with E-state index in [9.17, 15) is 26.3 Å². The number of nitrogen functional groups attached to an aromatic ring is 1. The number of nitriles is 1. The van der Waals surface area contributed by atoms with Crippen LogP contribution in [0.3, 0.4) is 0 Å². The molecule has 0 fully saturated rings. The molecule has 144 valence electrons. The second-order valence-corrected chi connectivity index (χ2v) is 5.70. The Morgan fingerprint density at radius 2 is 1.57 bits per heavy atom. The number of alkyl halides is 6. The van der Waals surface area contributed by atoms with Crippen LogP contribution in [0.2, 0.25) is 0 Å². The van der Waals surface area contributed by atoms with Crippen molar-refractivity contribution >= 4 is 5.82 Å². The Kier molecular flexibility index (Phi) is 4.54. The van der Waals surface area contributed by atoms with E-state index in [1.807, 2.05) is 0 Å². The van der Waals surface area contributed by atoms with Crippen LogP contribution in [0.4, 0.5) is 32.2 Å². The van der Waals surface area contributed by atoms with Gasteiger partial charge in [0.2, 0.25) is 0 Å². The number of pyridine rings is 1. The fourth-order valence-corrected chi connectivity index (χ4v) is 2.55. The predicted molar refractivity (Wildman–Crippen MR) is 86.5 cm³/mol. The maximum atomic E-state index is 13.2. The van der Waals surface area contributed by atoms with Gasteiger partial charge < -0.3 is 10.2 Å². The summed E-state index contributed by atoms with van der Waals surface area (Å²) in [4.78, 5) is 3.95. The average Bonchev–Trinajstić information content (AvgIpc) is 3.14. The number of aromatic nitrogens is 1. The molecule has 10 heteroatoms. The molecule has 2 heterocycles. The molecule has 1 aromatic carbocycles. The number of halogens is 6. The number of furan rings is 1. The Labute approximate surface area is 153 Å². The molecule has 0 saturated heterocycles. The summed E-state index contributed by atoms with van der Waals surface area (Å²) in [6.07, 6.45) is -8.78. The van der Waals surface area contributed by atoms with E-state index >= 15 is 0 Å². The molecule has 2 N–H and O–H groups in total. The van der Waals surface area contributed by atoms with Crippen LogP contribution in [0.1, 0.15) is 16.7 Å². The zero-order chi connectivity index (χ0) is 20.7. The van der Waals surface area contributed by atoms with Crippen LogP contribution in [0.5, 0.6) is 0 Å². The van der Waals surface area contributed by atoms with Crippen LogP contribution in [0.15, 0.2) is 47.1 Å². The van der Waals surface area contributed by atoms with Crippen molar-refractivity contribution in [2.45, 2.75) is 12.4 Å². The second-order valence-electron chi connectivity index (χ2n) is 5.70. The van der Waals surface area contributed by atoms with E-state index in [-0.39, 0.29) is 34.5 Å². The first-order valence-corrected chi connectivity index (χ1v) is 7.55. The zero-order valence-electron chi connectivity index (χ0n) is 13.7. The van der Waals surface area contributed by atoms with Crippen LogP contribution >= 0.6 is 0 Å². The first kappa shape index (κ1) is 19.3. The third-order valence-electron chi connectivity index (χ3n) is 3.83. The second kappa shape index (κ2) is 6.60. The number of nitrogens with two attached hydrogens (primary N) is 1. The third kappa shape index (κ3) is 3.64. The first-order valence-electron chi connectivity index (χ1n) is 7.55. The predicted octanol–water partition coefficient (Wildman–Crippen LogP) is 5.50. The fraction of sp³-hybridized carbons (Fsp3) is 0.111. The number of nitrogens with zero attached hydrogens (tertiary/aromatic N) is 2. The summed E-state index contributed by atoms with van der Waals surface area (Å²) < 4.78 is 84.1. The summed E-state index contributed by atoms with van der Waals surface area (Å²) in [5.74, 6) is -0.169. The molecule has 2 aromatic heterocycles. The summed E-state index contributed by atoms with van der Waals surface area (Å²) in [6, 6.07) is 6.78. The van der Waals surface area contributed by atoms with Crippen LogP contribution in [-0.4, -0.2) is 4.98 Å². The molecular weight excluding hydrogens is 388 g/mol. The summed E-state index contributed by atoms with van der Waals surface area (Å²) in [5.41, 5.74) is 1.80. The molecular formula is C18H9F6N3O. The van der Waals surface area contributed by atoms with Crippen molar-refractivity contribution in [3.05, 3.63) is 59.4 Å². The molecule has 0 aliphatic rings. The first-order chi connectivity index (χ1) is 13.0. The normalized spacial score (nSPS) is 12.0. The van der Waals surface area contributed by atoms with Gasteiger partial charge in [0.1, 0.15) is 17.6 Å². The van der Waals surface area contributed by atoms with Crippen LogP contribution < -0.4 is 5.73 Å². The molecule has 3 rings (SSSR count). The molecule has 0 aliphatic heterocycles. The van der Waals surface area contributed by atoms with E-state index in [1.165, 1.54) is 18.4 Å². The molecule has 0 atom stereocenters. The maximum Gasteiger partial charge on any atom is 0.416 e. The quantitative estimate of drug-likeness (QED) is 0.580. The fourth-order valence-electron chi connectivity index (χ4n) is 2.55. The summed E-state index contributed by atoms with van der Waals surface area (Å²) >= 11 is 0. The molecule has 0 unspecified atom stereocenters. The topological polar surface area (TPSA) is 75.8 Å². The van der Waals surface area contributed by atoms with Gasteiger partial charge in [-0.05, 0) is 42.0 Å². The minimum atomic E-state index is -5.01. The molecule has 3 aromatic rings. The van der Waals surface area contributed by atoms with Crippen molar-refractivity contribution in [2.75, 3.05) is 5.73 Å². The van der Waals surface area contributed by atoms with Gasteiger partial charge in [-0.1, -0.05) is 0 Å². The summed E-state index contributed by atoms with van der Waals surface area (Å²) in [7, 11) is 0. The average molecular weight is 397 g/mol. The van der Waals surface area contributed by atoms with Crippen molar-refractivity contribution in [2.24, 2.45) is 0 Å². The Bertz CT molecular complexity index is 1030. The Balaban J connectivity index is 2.36. The highest BCUT2D eigenvalue weighted by atomic mass is 19.4. The number of rotatable bonds is 2. The van der Waals surface area contributed by atoms with Gasteiger partial charge in [0, 0.05) is 5.56 Å². The molecule has 0 bridgehead atoms. The van der Waals surface area contributed by atoms with Gasteiger partial charge in [0.25, 0.3) is 0 Å². The van der Waals surface area contributed by atoms with Gasteiger partial charge in [-0.2, -0.15) is 31.6 Å². The van der Waals surface area contributed by atoms with Gasteiger partial charge in [-0.3, -0.25) is 0 Å². The van der Waals surface area contributed by atoms with Crippen molar-refractivity contribution in [3.63, 3.8) is 0 Å². The van der Waals surface area contributed by atoms with Crippen LogP contribution in [0.25, 0.3) is 22.6 Å². The van der Waals surface area contributed by atoms with E-state index in [4.69, 9.17) is 15.4 Å². The summed E-state index contributed by atoms with van der Waals surface area (Å²) in [5, 5.41) is 9.13. The van der Waals surface area contributed by atoms with Gasteiger partial charge in [0.15, 0.2) is 5.76 Å². The monoisotopic (exact) mass is 397 g/mol. The third-order valence-corrected chi connectivity index (χ3v) is 3.83. The lowest BCUT2D eigenvalue weighted by molar-refractivity contribution is -0.143. The van der Waals surface area contributed by atoms with Crippen LogP contribution in [-0.2, 0) is 12.4 Å².